The van der Waals surface area contributed by atoms with Crippen LogP contribution in [0.1, 0.15) is 32.1 Å². The molecule has 0 aromatic heterocycles. The summed E-state index contributed by atoms with van der Waals surface area (Å²) in [6.45, 7) is 2.14. The van der Waals surface area contributed by atoms with Gasteiger partial charge in [0.05, 0.1) is 12.0 Å². The smallest absolute Gasteiger partial charge is 0.0672 e. The van der Waals surface area contributed by atoms with Gasteiger partial charge in [0.2, 0.25) is 0 Å². The van der Waals surface area contributed by atoms with Crippen molar-refractivity contribution in [3.8, 4) is 6.07 Å². The first-order chi connectivity index (χ1) is 7.65. The van der Waals surface area contributed by atoms with Gasteiger partial charge >= 0.3 is 0 Å². The molecular weight excluding hydrogens is 198 g/mol. The Morgan fingerprint density at radius 2 is 1.75 bits per heavy atom. The maximum Gasteiger partial charge on any atom is 0.0672 e. The lowest BCUT2D eigenvalue weighted by Gasteiger charge is -2.31. The fourth-order valence-corrected chi connectivity index (χ4v) is 2.49. The highest BCUT2D eigenvalue weighted by molar-refractivity contribution is 4.94. The molecule has 1 aliphatic rings. The van der Waals surface area contributed by atoms with Crippen LogP contribution in [0.4, 0.5) is 0 Å². The monoisotopic (exact) mass is 223 g/mol. The van der Waals surface area contributed by atoms with Crippen molar-refractivity contribution in [3.05, 3.63) is 0 Å². The van der Waals surface area contributed by atoms with Crippen LogP contribution in [0.3, 0.4) is 0 Å². The Balaban J connectivity index is 2.49. The van der Waals surface area contributed by atoms with E-state index in [-0.39, 0.29) is 5.92 Å². The van der Waals surface area contributed by atoms with Crippen molar-refractivity contribution in [2.24, 2.45) is 5.92 Å². The fourth-order valence-electron chi connectivity index (χ4n) is 2.49. The lowest BCUT2D eigenvalue weighted by Crippen LogP contribution is -2.40. The van der Waals surface area contributed by atoms with Crippen LogP contribution in [-0.2, 0) is 0 Å². The number of nitriles is 1. The fraction of sp³-hybridized carbons (Fsp3) is 0.923. The minimum Gasteiger partial charge on any atom is -0.308 e. The van der Waals surface area contributed by atoms with Crippen molar-refractivity contribution in [1.82, 2.24) is 9.80 Å². The molecule has 1 saturated carbocycles. The summed E-state index contributed by atoms with van der Waals surface area (Å²) in [5, 5.41) is 9.23. The molecule has 0 aromatic rings. The van der Waals surface area contributed by atoms with Gasteiger partial charge in [-0.1, -0.05) is 19.3 Å². The van der Waals surface area contributed by atoms with Crippen LogP contribution in [0, 0.1) is 17.2 Å². The molecule has 1 aliphatic carbocycles. The van der Waals surface area contributed by atoms with E-state index in [4.69, 9.17) is 0 Å². The largest absolute Gasteiger partial charge is 0.308 e. The van der Waals surface area contributed by atoms with Gasteiger partial charge in [-0.3, -0.25) is 0 Å². The number of likely N-dealkylation sites (N-methyl/N-ethyl adjacent to an activating group) is 2. The number of rotatable bonds is 4. The summed E-state index contributed by atoms with van der Waals surface area (Å²) >= 11 is 0. The van der Waals surface area contributed by atoms with Gasteiger partial charge in [-0.2, -0.15) is 5.26 Å². The molecule has 0 bridgehead atoms. The molecule has 0 N–H and O–H groups in total. The van der Waals surface area contributed by atoms with Crippen LogP contribution in [0.15, 0.2) is 0 Å². The van der Waals surface area contributed by atoms with Crippen molar-refractivity contribution >= 4 is 0 Å². The van der Waals surface area contributed by atoms with Crippen molar-refractivity contribution in [2.75, 3.05) is 34.2 Å². The third kappa shape index (κ3) is 4.11. The highest BCUT2D eigenvalue weighted by Crippen LogP contribution is 2.26. The van der Waals surface area contributed by atoms with Crippen molar-refractivity contribution < 1.29 is 0 Å². The van der Waals surface area contributed by atoms with Crippen LogP contribution >= 0.6 is 0 Å². The summed E-state index contributed by atoms with van der Waals surface area (Å²) in [6.07, 6.45) is 6.11. The Hall–Kier alpha value is -0.590. The van der Waals surface area contributed by atoms with E-state index in [0.717, 1.165) is 19.5 Å². The van der Waals surface area contributed by atoms with E-state index in [9.17, 15) is 5.26 Å². The zero-order valence-electron chi connectivity index (χ0n) is 10.9. The van der Waals surface area contributed by atoms with Gasteiger partial charge in [-0.25, -0.2) is 0 Å². The number of nitrogens with zero attached hydrogens (tertiary/aromatic N) is 3. The summed E-state index contributed by atoms with van der Waals surface area (Å²) in [4.78, 5) is 4.59. The van der Waals surface area contributed by atoms with Gasteiger partial charge in [0.15, 0.2) is 0 Å². The molecule has 0 amide bonds. The zero-order valence-corrected chi connectivity index (χ0v) is 10.9. The van der Waals surface area contributed by atoms with Gasteiger partial charge in [0.1, 0.15) is 0 Å². The molecule has 2 atom stereocenters. The molecule has 2 unspecified atom stereocenters. The normalized spacial score (nSPS) is 26.8. The summed E-state index contributed by atoms with van der Waals surface area (Å²) in [6, 6.07) is 2.99. The quantitative estimate of drug-likeness (QED) is 0.682. The van der Waals surface area contributed by atoms with Gasteiger partial charge in [0.25, 0.3) is 0 Å². The van der Waals surface area contributed by atoms with Gasteiger partial charge in [-0.15, -0.1) is 0 Å². The minimum absolute atomic E-state index is 0.245. The number of hydrogen-bond donors (Lipinski definition) is 0. The zero-order chi connectivity index (χ0) is 12.0. The van der Waals surface area contributed by atoms with E-state index in [0.29, 0.717) is 6.04 Å². The van der Waals surface area contributed by atoms with E-state index < -0.39 is 0 Å². The second kappa shape index (κ2) is 6.88. The highest BCUT2D eigenvalue weighted by atomic mass is 15.2. The molecule has 0 spiro atoms. The van der Waals surface area contributed by atoms with E-state index in [2.05, 4.69) is 37.0 Å². The van der Waals surface area contributed by atoms with Crippen molar-refractivity contribution in [3.63, 3.8) is 0 Å². The van der Waals surface area contributed by atoms with Crippen LogP contribution < -0.4 is 0 Å². The Kier molecular flexibility index (Phi) is 5.79. The lowest BCUT2D eigenvalue weighted by atomic mass is 9.95. The van der Waals surface area contributed by atoms with Gasteiger partial charge < -0.3 is 9.80 Å². The molecule has 1 fully saturated rings. The second-order valence-corrected chi connectivity index (χ2v) is 5.22. The highest BCUT2D eigenvalue weighted by Gasteiger charge is 2.26. The van der Waals surface area contributed by atoms with E-state index in [1.54, 1.807) is 0 Å². The maximum absolute atomic E-state index is 9.23. The molecule has 3 heteroatoms. The first-order valence-corrected chi connectivity index (χ1v) is 6.39. The molecule has 0 heterocycles. The first-order valence-electron chi connectivity index (χ1n) is 6.39. The second-order valence-electron chi connectivity index (χ2n) is 5.22. The third-order valence-corrected chi connectivity index (χ3v) is 3.61. The Morgan fingerprint density at radius 1 is 1.06 bits per heavy atom. The average Bonchev–Trinajstić information content (AvgIpc) is 2.50. The van der Waals surface area contributed by atoms with E-state index >= 15 is 0 Å². The molecule has 0 aromatic carbocycles. The summed E-state index contributed by atoms with van der Waals surface area (Å²) < 4.78 is 0. The Morgan fingerprint density at radius 3 is 2.38 bits per heavy atom. The van der Waals surface area contributed by atoms with Crippen LogP contribution in [0.25, 0.3) is 0 Å². The standard InChI is InChI=1S/C13H25N3/c1-15(2)9-10-16(3)13-8-6-4-5-7-12(13)11-14/h12-13H,4-10H2,1-3H3. The topological polar surface area (TPSA) is 30.3 Å². The minimum atomic E-state index is 0.245. The van der Waals surface area contributed by atoms with Crippen molar-refractivity contribution in [2.45, 2.75) is 38.1 Å². The van der Waals surface area contributed by atoms with Crippen LogP contribution in [0.5, 0.6) is 0 Å². The lowest BCUT2D eigenvalue weighted by molar-refractivity contribution is 0.175. The van der Waals surface area contributed by atoms with Crippen LogP contribution in [0.2, 0.25) is 0 Å². The molecule has 1 rings (SSSR count). The number of hydrogen-bond acceptors (Lipinski definition) is 3. The van der Waals surface area contributed by atoms with Crippen LogP contribution in [-0.4, -0.2) is 50.1 Å². The van der Waals surface area contributed by atoms with E-state index in [1.165, 1.54) is 25.7 Å². The Bertz CT molecular complexity index is 232. The molecular formula is C13H25N3. The SMILES string of the molecule is CN(C)CCN(C)C1CCCCCC1C#N. The summed E-state index contributed by atoms with van der Waals surface area (Å²) in [7, 11) is 6.37. The third-order valence-electron chi connectivity index (χ3n) is 3.61. The molecule has 16 heavy (non-hydrogen) atoms. The molecule has 0 saturated heterocycles. The average molecular weight is 223 g/mol. The summed E-state index contributed by atoms with van der Waals surface area (Å²) in [5.74, 6) is 0.245. The van der Waals surface area contributed by atoms with Crippen molar-refractivity contribution in [1.29, 1.82) is 5.26 Å². The van der Waals surface area contributed by atoms with E-state index in [1.807, 2.05) is 0 Å². The van der Waals surface area contributed by atoms with Gasteiger partial charge in [-0.05, 0) is 34.0 Å². The van der Waals surface area contributed by atoms with Gasteiger partial charge in [0, 0.05) is 19.1 Å². The predicted octanol–water partition coefficient (Wildman–Crippen LogP) is 1.95. The maximum atomic E-state index is 9.23. The first kappa shape index (κ1) is 13.5. The molecule has 0 radical (unpaired) electrons. The molecule has 0 aliphatic heterocycles. The predicted molar refractivity (Wildman–Crippen MR) is 67.2 cm³/mol. The molecule has 3 nitrogen and oxygen atoms in total. The molecule has 92 valence electrons. The summed E-state index contributed by atoms with van der Waals surface area (Å²) in [5.41, 5.74) is 0. The Labute approximate surface area is 100 Å².